The zero-order valence-electron chi connectivity index (χ0n) is 7.94. The molecule has 0 saturated heterocycles. The average Bonchev–Trinajstić information content (AvgIpc) is 2.16. The third-order valence-corrected chi connectivity index (χ3v) is 2.33. The summed E-state index contributed by atoms with van der Waals surface area (Å²) in [5.41, 5.74) is 5.64. The Kier molecular flexibility index (Phi) is 4.31. The van der Waals surface area contributed by atoms with Crippen molar-refractivity contribution in [1.82, 2.24) is 4.98 Å². The summed E-state index contributed by atoms with van der Waals surface area (Å²) in [5.74, 6) is 0.754. The van der Waals surface area contributed by atoms with Gasteiger partial charge < -0.3 is 16.2 Å². The normalized spacial score (nSPS) is 14.9. The summed E-state index contributed by atoms with van der Waals surface area (Å²) in [4.78, 5) is 4.11. The predicted octanol–water partition coefficient (Wildman–Crippen LogP) is 0.964. The van der Waals surface area contributed by atoms with Gasteiger partial charge in [0, 0.05) is 23.3 Å². The number of halogens is 1. The third kappa shape index (κ3) is 3.61. The van der Waals surface area contributed by atoms with Gasteiger partial charge in [-0.15, -0.1) is 0 Å². The van der Waals surface area contributed by atoms with E-state index in [0.29, 0.717) is 6.54 Å². The molecule has 4 N–H and O–H groups in total. The number of aliphatic hydroxyl groups excluding tert-OH is 1. The first-order chi connectivity index (χ1) is 6.59. The molecule has 0 amide bonds. The Labute approximate surface area is 91.7 Å². The summed E-state index contributed by atoms with van der Waals surface area (Å²) in [6.45, 7) is 2.17. The molecular weight excluding hydrogens is 246 g/mol. The standard InChI is InChI=1S/C9H14BrN3O/c1-6(14)8(11)5-13-9-3-2-7(10)4-12-9/h2-4,6,8,14H,5,11H2,1H3,(H,12,13). The van der Waals surface area contributed by atoms with Gasteiger partial charge >= 0.3 is 0 Å². The summed E-state index contributed by atoms with van der Waals surface area (Å²) in [6, 6.07) is 3.46. The second-order valence-corrected chi connectivity index (χ2v) is 4.06. The molecule has 0 spiro atoms. The van der Waals surface area contributed by atoms with E-state index in [2.05, 4.69) is 26.2 Å². The Morgan fingerprint density at radius 1 is 1.64 bits per heavy atom. The highest BCUT2D eigenvalue weighted by Gasteiger charge is 2.08. The van der Waals surface area contributed by atoms with Gasteiger partial charge in [0.2, 0.25) is 0 Å². The van der Waals surface area contributed by atoms with Crippen LogP contribution in [0.3, 0.4) is 0 Å². The molecule has 14 heavy (non-hydrogen) atoms. The van der Waals surface area contributed by atoms with Gasteiger partial charge in [-0.2, -0.15) is 0 Å². The summed E-state index contributed by atoms with van der Waals surface area (Å²) >= 11 is 3.29. The van der Waals surface area contributed by atoms with Gasteiger partial charge in [0.25, 0.3) is 0 Å². The molecule has 0 aliphatic carbocycles. The van der Waals surface area contributed by atoms with Crippen molar-refractivity contribution in [2.45, 2.75) is 19.1 Å². The fraction of sp³-hybridized carbons (Fsp3) is 0.444. The van der Waals surface area contributed by atoms with Crippen molar-refractivity contribution in [2.75, 3.05) is 11.9 Å². The average molecular weight is 260 g/mol. The van der Waals surface area contributed by atoms with E-state index in [0.717, 1.165) is 10.3 Å². The first-order valence-electron chi connectivity index (χ1n) is 4.38. The van der Waals surface area contributed by atoms with Crippen LogP contribution in [0, 0.1) is 0 Å². The van der Waals surface area contributed by atoms with E-state index in [1.54, 1.807) is 13.1 Å². The summed E-state index contributed by atoms with van der Waals surface area (Å²) < 4.78 is 0.933. The summed E-state index contributed by atoms with van der Waals surface area (Å²) in [5, 5.41) is 12.2. The number of nitrogens with two attached hydrogens (primary N) is 1. The molecule has 0 aromatic carbocycles. The molecule has 1 rings (SSSR count). The van der Waals surface area contributed by atoms with Gasteiger partial charge in [-0.3, -0.25) is 0 Å². The highest BCUT2D eigenvalue weighted by Crippen LogP contribution is 2.10. The Morgan fingerprint density at radius 2 is 2.36 bits per heavy atom. The molecular formula is C9H14BrN3O. The number of hydrogen-bond donors (Lipinski definition) is 3. The van der Waals surface area contributed by atoms with Crippen LogP contribution in [0.4, 0.5) is 5.82 Å². The van der Waals surface area contributed by atoms with Crippen LogP contribution < -0.4 is 11.1 Å². The number of hydrogen-bond acceptors (Lipinski definition) is 4. The van der Waals surface area contributed by atoms with E-state index in [1.165, 1.54) is 0 Å². The topological polar surface area (TPSA) is 71.2 Å². The van der Waals surface area contributed by atoms with Crippen LogP contribution in [0.15, 0.2) is 22.8 Å². The molecule has 2 atom stereocenters. The number of nitrogens with one attached hydrogen (secondary N) is 1. The third-order valence-electron chi connectivity index (χ3n) is 1.87. The molecule has 2 unspecified atom stereocenters. The van der Waals surface area contributed by atoms with Gasteiger partial charge in [-0.1, -0.05) is 0 Å². The van der Waals surface area contributed by atoms with Gasteiger partial charge in [0.15, 0.2) is 0 Å². The van der Waals surface area contributed by atoms with E-state index in [9.17, 15) is 0 Å². The maximum atomic E-state index is 9.15. The van der Waals surface area contributed by atoms with Crippen molar-refractivity contribution in [3.05, 3.63) is 22.8 Å². The smallest absolute Gasteiger partial charge is 0.126 e. The van der Waals surface area contributed by atoms with Crippen molar-refractivity contribution in [3.63, 3.8) is 0 Å². The highest BCUT2D eigenvalue weighted by atomic mass is 79.9. The maximum Gasteiger partial charge on any atom is 0.126 e. The van der Waals surface area contributed by atoms with E-state index in [1.807, 2.05) is 12.1 Å². The fourth-order valence-electron chi connectivity index (χ4n) is 0.873. The van der Waals surface area contributed by atoms with Crippen molar-refractivity contribution in [3.8, 4) is 0 Å². The molecule has 0 bridgehead atoms. The number of aliphatic hydroxyl groups is 1. The number of aromatic nitrogens is 1. The molecule has 78 valence electrons. The Hall–Kier alpha value is -0.650. The molecule has 0 saturated carbocycles. The minimum atomic E-state index is -0.516. The number of rotatable bonds is 4. The minimum absolute atomic E-state index is 0.277. The molecule has 5 heteroatoms. The Bertz CT molecular complexity index is 276. The quantitative estimate of drug-likeness (QED) is 0.754. The van der Waals surface area contributed by atoms with Crippen LogP contribution in [0.5, 0.6) is 0 Å². The first kappa shape index (κ1) is 11.4. The summed E-state index contributed by atoms with van der Waals surface area (Å²) in [6.07, 6.45) is 1.19. The lowest BCUT2D eigenvalue weighted by molar-refractivity contribution is 0.168. The van der Waals surface area contributed by atoms with Gasteiger partial charge in [0.1, 0.15) is 5.82 Å². The lowest BCUT2D eigenvalue weighted by atomic mass is 10.2. The highest BCUT2D eigenvalue weighted by molar-refractivity contribution is 9.10. The van der Waals surface area contributed by atoms with Crippen molar-refractivity contribution >= 4 is 21.7 Å². The monoisotopic (exact) mass is 259 g/mol. The van der Waals surface area contributed by atoms with Crippen molar-refractivity contribution < 1.29 is 5.11 Å². The predicted molar refractivity (Wildman–Crippen MR) is 60.1 cm³/mol. The fourth-order valence-corrected chi connectivity index (χ4v) is 1.11. The molecule has 1 aromatic rings. The van der Waals surface area contributed by atoms with Gasteiger partial charge in [-0.25, -0.2) is 4.98 Å². The number of anilines is 1. The van der Waals surface area contributed by atoms with Crippen LogP contribution in [0.2, 0.25) is 0 Å². The molecule has 0 fully saturated rings. The minimum Gasteiger partial charge on any atom is -0.392 e. The Balaban J connectivity index is 2.42. The van der Waals surface area contributed by atoms with Gasteiger partial charge in [0.05, 0.1) is 6.10 Å². The maximum absolute atomic E-state index is 9.15. The zero-order chi connectivity index (χ0) is 10.6. The SMILES string of the molecule is CC(O)C(N)CNc1ccc(Br)cn1. The largest absolute Gasteiger partial charge is 0.392 e. The zero-order valence-corrected chi connectivity index (χ0v) is 9.53. The van der Waals surface area contributed by atoms with Crippen LogP contribution >= 0.6 is 15.9 Å². The lowest BCUT2D eigenvalue weighted by Crippen LogP contribution is -2.38. The molecule has 1 heterocycles. The van der Waals surface area contributed by atoms with Crippen LogP contribution in [-0.2, 0) is 0 Å². The second kappa shape index (κ2) is 5.29. The molecule has 0 aliphatic rings. The van der Waals surface area contributed by atoms with E-state index >= 15 is 0 Å². The molecule has 4 nitrogen and oxygen atoms in total. The van der Waals surface area contributed by atoms with Crippen molar-refractivity contribution in [2.24, 2.45) is 5.73 Å². The molecule has 1 aromatic heterocycles. The van der Waals surface area contributed by atoms with Crippen LogP contribution in [0.1, 0.15) is 6.92 Å². The van der Waals surface area contributed by atoms with E-state index in [-0.39, 0.29) is 6.04 Å². The van der Waals surface area contributed by atoms with Gasteiger partial charge in [-0.05, 0) is 35.0 Å². The lowest BCUT2D eigenvalue weighted by Gasteiger charge is -2.15. The van der Waals surface area contributed by atoms with Crippen LogP contribution in [-0.4, -0.2) is 28.8 Å². The molecule has 0 aliphatic heterocycles. The summed E-state index contributed by atoms with van der Waals surface area (Å²) in [7, 11) is 0. The number of nitrogens with zero attached hydrogens (tertiary/aromatic N) is 1. The van der Waals surface area contributed by atoms with E-state index < -0.39 is 6.10 Å². The van der Waals surface area contributed by atoms with Crippen molar-refractivity contribution in [1.29, 1.82) is 0 Å². The number of pyridine rings is 1. The Morgan fingerprint density at radius 3 is 2.86 bits per heavy atom. The molecule has 0 radical (unpaired) electrons. The first-order valence-corrected chi connectivity index (χ1v) is 5.18. The van der Waals surface area contributed by atoms with Crippen LogP contribution in [0.25, 0.3) is 0 Å². The second-order valence-electron chi connectivity index (χ2n) is 3.15. The van der Waals surface area contributed by atoms with E-state index in [4.69, 9.17) is 10.8 Å².